The third kappa shape index (κ3) is 2.65. The molecule has 0 aliphatic carbocycles. The van der Waals surface area contributed by atoms with E-state index in [2.05, 4.69) is 30.2 Å². The number of benzene rings is 1. The number of rotatable bonds is 3. The topological polar surface area (TPSA) is 50.9 Å². The summed E-state index contributed by atoms with van der Waals surface area (Å²) in [5, 5.41) is 3.28. The van der Waals surface area contributed by atoms with Crippen molar-refractivity contribution in [1.82, 2.24) is 4.98 Å². The number of pyridine rings is 1. The van der Waals surface area contributed by atoms with Gasteiger partial charge < -0.3 is 11.1 Å². The molecule has 0 radical (unpaired) electrons. The van der Waals surface area contributed by atoms with E-state index in [4.69, 9.17) is 18.0 Å². The van der Waals surface area contributed by atoms with E-state index in [0.29, 0.717) is 4.99 Å². The van der Waals surface area contributed by atoms with Gasteiger partial charge >= 0.3 is 0 Å². The number of anilines is 2. The minimum Gasteiger partial charge on any atom is -0.389 e. The normalized spacial score (nSPS) is 10.1. The second-order valence-corrected chi connectivity index (χ2v) is 4.61. The molecule has 0 aliphatic heterocycles. The quantitative estimate of drug-likeness (QED) is 0.830. The van der Waals surface area contributed by atoms with Gasteiger partial charge in [0.2, 0.25) is 0 Å². The highest BCUT2D eigenvalue weighted by atomic mass is 32.1. The molecule has 1 heterocycles. The van der Waals surface area contributed by atoms with Gasteiger partial charge in [-0.3, -0.25) is 0 Å². The highest BCUT2D eigenvalue weighted by Gasteiger charge is 2.03. The van der Waals surface area contributed by atoms with Crippen molar-refractivity contribution in [2.75, 3.05) is 5.32 Å². The van der Waals surface area contributed by atoms with Crippen molar-refractivity contribution in [1.29, 1.82) is 0 Å². The fourth-order valence-electron chi connectivity index (χ4n) is 1.68. The second-order valence-electron chi connectivity index (χ2n) is 4.17. The van der Waals surface area contributed by atoms with Crippen LogP contribution in [0, 0.1) is 13.8 Å². The summed E-state index contributed by atoms with van der Waals surface area (Å²) < 4.78 is 0. The highest BCUT2D eigenvalue weighted by Crippen LogP contribution is 2.21. The Bertz CT molecular complexity index is 593. The molecule has 0 amide bonds. The molecule has 0 saturated heterocycles. The molecule has 3 N–H and O–H groups in total. The van der Waals surface area contributed by atoms with Crippen molar-refractivity contribution in [3.63, 3.8) is 0 Å². The Hall–Kier alpha value is -1.94. The van der Waals surface area contributed by atoms with Gasteiger partial charge in [0.05, 0.1) is 0 Å². The lowest BCUT2D eigenvalue weighted by molar-refractivity contribution is 1.27. The first kappa shape index (κ1) is 12.5. The Labute approximate surface area is 112 Å². The lowest BCUT2D eigenvalue weighted by Gasteiger charge is -2.11. The van der Waals surface area contributed by atoms with Crippen molar-refractivity contribution < 1.29 is 0 Å². The average molecular weight is 257 g/mol. The highest BCUT2D eigenvalue weighted by molar-refractivity contribution is 7.80. The lowest BCUT2D eigenvalue weighted by Crippen LogP contribution is -2.10. The lowest BCUT2D eigenvalue weighted by atomic mass is 10.1. The SMILES string of the molecule is Cc1cccc(Nc2cc(C(N)=S)ccn2)c1C. The van der Waals surface area contributed by atoms with Crippen LogP contribution in [0.25, 0.3) is 0 Å². The predicted molar refractivity (Wildman–Crippen MR) is 79.3 cm³/mol. The third-order valence-electron chi connectivity index (χ3n) is 2.91. The van der Waals surface area contributed by atoms with Gasteiger partial charge in [-0.05, 0) is 43.2 Å². The molecular formula is C14H15N3S. The van der Waals surface area contributed by atoms with Gasteiger partial charge in [-0.25, -0.2) is 4.98 Å². The molecule has 0 saturated carbocycles. The molecule has 2 rings (SSSR count). The van der Waals surface area contributed by atoms with E-state index in [0.717, 1.165) is 17.1 Å². The Morgan fingerprint density at radius 2 is 2.06 bits per heavy atom. The molecule has 18 heavy (non-hydrogen) atoms. The molecule has 1 aromatic heterocycles. The number of hydrogen-bond donors (Lipinski definition) is 2. The third-order valence-corrected chi connectivity index (χ3v) is 3.15. The zero-order chi connectivity index (χ0) is 13.1. The molecular weight excluding hydrogens is 242 g/mol. The van der Waals surface area contributed by atoms with Crippen LogP contribution in [0.15, 0.2) is 36.5 Å². The van der Waals surface area contributed by atoms with E-state index in [1.165, 1.54) is 11.1 Å². The van der Waals surface area contributed by atoms with E-state index in [1.54, 1.807) is 12.3 Å². The first-order valence-electron chi connectivity index (χ1n) is 5.67. The Kier molecular flexibility index (Phi) is 3.58. The zero-order valence-corrected chi connectivity index (χ0v) is 11.2. The number of aromatic nitrogens is 1. The average Bonchev–Trinajstić information content (AvgIpc) is 2.35. The van der Waals surface area contributed by atoms with Crippen LogP contribution in [0.4, 0.5) is 11.5 Å². The summed E-state index contributed by atoms with van der Waals surface area (Å²) in [5.74, 6) is 0.744. The number of thiocarbonyl (C=S) groups is 1. The maximum atomic E-state index is 5.61. The summed E-state index contributed by atoms with van der Waals surface area (Å²) >= 11 is 4.96. The van der Waals surface area contributed by atoms with E-state index in [9.17, 15) is 0 Å². The first-order chi connectivity index (χ1) is 8.58. The summed E-state index contributed by atoms with van der Waals surface area (Å²) in [4.78, 5) is 4.64. The molecule has 0 atom stereocenters. The molecule has 4 heteroatoms. The molecule has 0 spiro atoms. The van der Waals surface area contributed by atoms with E-state index in [1.807, 2.05) is 18.2 Å². The summed E-state index contributed by atoms with van der Waals surface area (Å²) in [6.45, 7) is 4.16. The number of nitrogens with one attached hydrogen (secondary N) is 1. The van der Waals surface area contributed by atoms with Crippen LogP contribution in [0.2, 0.25) is 0 Å². The summed E-state index contributed by atoms with van der Waals surface area (Å²) in [6.07, 6.45) is 1.70. The molecule has 0 unspecified atom stereocenters. The molecule has 0 aliphatic rings. The number of nitrogens with zero attached hydrogens (tertiary/aromatic N) is 1. The maximum Gasteiger partial charge on any atom is 0.130 e. The Morgan fingerprint density at radius 1 is 1.28 bits per heavy atom. The molecule has 1 aromatic carbocycles. The Balaban J connectivity index is 2.31. The van der Waals surface area contributed by atoms with Crippen LogP contribution in [0.3, 0.4) is 0 Å². The maximum absolute atomic E-state index is 5.61. The van der Waals surface area contributed by atoms with Crippen LogP contribution in [0.1, 0.15) is 16.7 Å². The van der Waals surface area contributed by atoms with Crippen LogP contribution >= 0.6 is 12.2 Å². The monoisotopic (exact) mass is 257 g/mol. The molecule has 2 aromatic rings. The molecule has 92 valence electrons. The molecule has 3 nitrogen and oxygen atoms in total. The van der Waals surface area contributed by atoms with Crippen molar-refractivity contribution in [3.8, 4) is 0 Å². The zero-order valence-electron chi connectivity index (χ0n) is 10.4. The van der Waals surface area contributed by atoms with Gasteiger partial charge in [-0.1, -0.05) is 24.4 Å². The van der Waals surface area contributed by atoms with Gasteiger partial charge in [0, 0.05) is 17.4 Å². The van der Waals surface area contributed by atoms with Gasteiger partial charge in [0.1, 0.15) is 10.8 Å². The summed E-state index contributed by atoms with van der Waals surface area (Å²) in [7, 11) is 0. The summed E-state index contributed by atoms with van der Waals surface area (Å²) in [5.41, 5.74) is 9.91. The molecule has 0 bridgehead atoms. The first-order valence-corrected chi connectivity index (χ1v) is 6.08. The van der Waals surface area contributed by atoms with Crippen LogP contribution in [-0.2, 0) is 0 Å². The van der Waals surface area contributed by atoms with Gasteiger partial charge in [-0.2, -0.15) is 0 Å². The Morgan fingerprint density at radius 3 is 2.78 bits per heavy atom. The molecule has 0 fully saturated rings. The van der Waals surface area contributed by atoms with Gasteiger partial charge in [0.25, 0.3) is 0 Å². The van der Waals surface area contributed by atoms with Crippen molar-refractivity contribution >= 4 is 28.7 Å². The van der Waals surface area contributed by atoms with Gasteiger partial charge in [-0.15, -0.1) is 0 Å². The van der Waals surface area contributed by atoms with Gasteiger partial charge in [0.15, 0.2) is 0 Å². The number of aryl methyl sites for hydroxylation is 1. The minimum atomic E-state index is 0.376. The van der Waals surface area contributed by atoms with Crippen molar-refractivity contribution in [2.45, 2.75) is 13.8 Å². The van der Waals surface area contributed by atoms with Crippen LogP contribution in [0.5, 0.6) is 0 Å². The smallest absolute Gasteiger partial charge is 0.130 e. The van der Waals surface area contributed by atoms with E-state index in [-0.39, 0.29) is 0 Å². The fourth-order valence-corrected chi connectivity index (χ4v) is 1.80. The van der Waals surface area contributed by atoms with Crippen LogP contribution < -0.4 is 11.1 Å². The largest absolute Gasteiger partial charge is 0.389 e. The van der Waals surface area contributed by atoms with E-state index >= 15 is 0 Å². The standard InChI is InChI=1S/C14H15N3S/c1-9-4-3-5-12(10(9)2)17-13-8-11(14(15)18)6-7-16-13/h3-8H,1-2H3,(H2,15,18)(H,16,17). The van der Waals surface area contributed by atoms with Crippen LogP contribution in [-0.4, -0.2) is 9.97 Å². The number of nitrogens with two attached hydrogens (primary N) is 1. The van der Waals surface area contributed by atoms with Crippen molar-refractivity contribution in [2.24, 2.45) is 5.73 Å². The number of hydrogen-bond acceptors (Lipinski definition) is 3. The van der Waals surface area contributed by atoms with E-state index < -0.39 is 0 Å². The van der Waals surface area contributed by atoms with Crippen molar-refractivity contribution in [3.05, 3.63) is 53.2 Å². The summed E-state index contributed by atoms with van der Waals surface area (Å²) in [6, 6.07) is 9.78. The predicted octanol–water partition coefficient (Wildman–Crippen LogP) is 3.08. The fraction of sp³-hybridized carbons (Fsp3) is 0.143. The minimum absolute atomic E-state index is 0.376. The second kappa shape index (κ2) is 5.14.